The Hall–Kier alpha value is -1.12. The summed E-state index contributed by atoms with van der Waals surface area (Å²) < 4.78 is 2.69. The van der Waals surface area contributed by atoms with Gasteiger partial charge in [-0.2, -0.15) is 5.26 Å². The van der Waals surface area contributed by atoms with Crippen LogP contribution in [0.4, 0.5) is 0 Å². The van der Waals surface area contributed by atoms with E-state index in [-0.39, 0.29) is 5.56 Å². The molecule has 0 amide bonds. The number of rotatable bonds is 3. The van der Waals surface area contributed by atoms with Crippen LogP contribution in [0.5, 0.6) is 0 Å². The standard InChI is InChI=1S/C14H13BrN2OS/c1-2-9-5-11(18)17(7-8-3-4-8)14-12(9)13(15)10(6-16)19-14/h5,8H,2-4,7H2,1H3. The van der Waals surface area contributed by atoms with Crippen LogP contribution in [-0.2, 0) is 13.0 Å². The second-order valence-corrected chi connectivity index (χ2v) is 6.74. The molecule has 98 valence electrons. The van der Waals surface area contributed by atoms with Crippen molar-refractivity contribution in [2.75, 3.05) is 0 Å². The number of fused-ring (bicyclic) bond motifs is 1. The van der Waals surface area contributed by atoms with Gasteiger partial charge >= 0.3 is 0 Å². The van der Waals surface area contributed by atoms with Gasteiger partial charge in [-0.05, 0) is 46.7 Å². The molecule has 2 aromatic rings. The molecule has 0 N–H and O–H groups in total. The molecule has 1 fully saturated rings. The zero-order chi connectivity index (χ0) is 13.6. The van der Waals surface area contributed by atoms with Crippen molar-refractivity contribution in [1.82, 2.24) is 4.57 Å². The van der Waals surface area contributed by atoms with Gasteiger partial charge in [-0.25, -0.2) is 0 Å². The molecule has 2 heterocycles. The maximum atomic E-state index is 12.3. The number of hydrogen-bond donors (Lipinski definition) is 0. The van der Waals surface area contributed by atoms with Gasteiger partial charge in [0.25, 0.3) is 5.56 Å². The summed E-state index contributed by atoms with van der Waals surface area (Å²) in [5, 5.41) is 10.2. The molecule has 0 atom stereocenters. The highest BCUT2D eigenvalue weighted by molar-refractivity contribution is 9.10. The maximum Gasteiger partial charge on any atom is 0.251 e. The molecule has 0 aromatic carbocycles. The van der Waals surface area contributed by atoms with Crippen LogP contribution >= 0.6 is 27.3 Å². The summed E-state index contributed by atoms with van der Waals surface area (Å²) in [6.45, 7) is 2.83. The molecule has 0 spiro atoms. The summed E-state index contributed by atoms with van der Waals surface area (Å²) in [6, 6.07) is 3.93. The van der Waals surface area contributed by atoms with Crippen molar-refractivity contribution in [2.24, 2.45) is 5.92 Å². The summed E-state index contributed by atoms with van der Waals surface area (Å²) in [4.78, 5) is 13.9. The Balaban J connectivity index is 2.33. The molecule has 3 rings (SSSR count). The molecule has 5 heteroatoms. The van der Waals surface area contributed by atoms with E-state index < -0.39 is 0 Å². The summed E-state index contributed by atoms with van der Waals surface area (Å²) in [6.07, 6.45) is 3.22. The van der Waals surface area contributed by atoms with Gasteiger partial charge in [-0.1, -0.05) is 6.92 Å². The maximum absolute atomic E-state index is 12.3. The Bertz CT molecular complexity index is 749. The van der Waals surface area contributed by atoms with Crippen molar-refractivity contribution in [3.8, 4) is 6.07 Å². The number of nitriles is 1. The predicted octanol–water partition coefficient (Wildman–Crippen LogP) is 3.67. The Kier molecular flexibility index (Phi) is 3.23. The van der Waals surface area contributed by atoms with Crippen LogP contribution < -0.4 is 5.56 Å². The van der Waals surface area contributed by atoms with Crippen molar-refractivity contribution in [1.29, 1.82) is 5.26 Å². The number of hydrogen-bond acceptors (Lipinski definition) is 3. The molecule has 3 nitrogen and oxygen atoms in total. The lowest BCUT2D eigenvalue weighted by Crippen LogP contribution is -2.20. The van der Waals surface area contributed by atoms with Crippen molar-refractivity contribution >= 4 is 37.5 Å². The molecule has 0 radical (unpaired) electrons. The van der Waals surface area contributed by atoms with Crippen molar-refractivity contribution in [2.45, 2.75) is 32.7 Å². The minimum Gasteiger partial charge on any atom is -0.299 e. The minimum absolute atomic E-state index is 0.0643. The quantitative estimate of drug-likeness (QED) is 0.858. The van der Waals surface area contributed by atoms with Crippen molar-refractivity contribution < 1.29 is 0 Å². The van der Waals surface area contributed by atoms with E-state index in [0.29, 0.717) is 10.8 Å². The van der Waals surface area contributed by atoms with Gasteiger partial charge in [0.05, 0.1) is 4.47 Å². The fourth-order valence-electron chi connectivity index (χ4n) is 2.35. The third kappa shape index (κ3) is 2.13. The lowest BCUT2D eigenvalue weighted by atomic mass is 10.1. The molecule has 1 saturated carbocycles. The first-order valence-electron chi connectivity index (χ1n) is 6.40. The summed E-state index contributed by atoms with van der Waals surface area (Å²) in [7, 11) is 0. The van der Waals surface area contributed by atoms with E-state index in [4.69, 9.17) is 0 Å². The van der Waals surface area contributed by atoms with Crippen LogP contribution in [0.2, 0.25) is 0 Å². The number of halogens is 1. The lowest BCUT2D eigenvalue weighted by Gasteiger charge is -2.09. The van der Waals surface area contributed by atoms with Crippen LogP contribution in [0.1, 0.15) is 30.2 Å². The molecule has 0 bridgehead atoms. The second kappa shape index (κ2) is 4.77. The average Bonchev–Trinajstić information content (AvgIpc) is 3.16. The van der Waals surface area contributed by atoms with Gasteiger partial charge in [0, 0.05) is 18.0 Å². The van der Waals surface area contributed by atoms with Gasteiger partial charge in [0.1, 0.15) is 15.8 Å². The van der Waals surface area contributed by atoms with Crippen molar-refractivity contribution in [3.05, 3.63) is 31.3 Å². The summed E-state index contributed by atoms with van der Waals surface area (Å²) >= 11 is 4.94. The monoisotopic (exact) mass is 336 g/mol. The third-order valence-corrected chi connectivity index (χ3v) is 5.75. The highest BCUT2D eigenvalue weighted by Gasteiger charge is 2.25. The fraction of sp³-hybridized carbons (Fsp3) is 0.429. The molecule has 2 aromatic heterocycles. The Morgan fingerprint density at radius 1 is 1.58 bits per heavy atom. The van der Waals surface area contributed by atoms with Crippen LogP contribution in [0.25, 0.3) is 10.2 Å². The zero-order valence-corrected chi connectivity index (χ0v) is 13.0. The van der Waals surface area contributed by atoms with Crippen molar-refractivity contribution in [3.63, 3.8) is 0 Å². The van der Waals surface area contributed by atoms with Gasteiger partial charge in [-0.15, -0.1) is 11.3 Å². The van der Waals surface area contributed by atoms with Crippen LogP contribution in [-0.4, -0.2) is 4.57 Å². The Morgan fingerprint density at radius 3 is 2.89 bits per heavy atom. The van der Waals surface area contributed by atoms with E-state index >= 15 is 0 Å². The molecular formula is C14H13BrN2OS. The van der Waals surface area contributed by atoms with Gasteiger partial charge in [0.15, 0.2) is 0 Å². The minimum atomic E-state index is 0.0643. The molecular weight excluding hydrogens is 324 g/mol. The number of pyridine rings is 1. The summed E-state index contributed by atoms with van der Waals surface area (Å²) in [5.74, 6) is 0.639. The molecule has 19 heavy (non-hydrogen) atoms. The molecule has 0 aliphatic heterocycles. The average molecular weight is 337 g/mol. The number of thiophene rings is 1. The van der Waals surface area contributed by atoms with E-state index in [2.05, 4.69) is 22.0 Å². The zero-order valence-electron chi connectivity index (χ0n) is 10.6. The number of nitrogens with zero attached hydrogens (tertiary/aromatic N) is 2. The Morgan fingerprint density at radius 2 is 2.32 bits per heavy atom. The highest BCUT2D eigenvalue weighted by atomic mass is 79.9. The highest BCUT2D eigenvalue weighted by Crippen LogP contribution is 2.38. The number of aromatic nitrogens is 1. The third-order valence-electron chi connectivity index (χ3n) is 3.58. The van der Waals surface area contributed by atoms with Crippen LogP contribution in [0.3, 0.4) is 0 Å². The first-order chi connectivity index (χ1) is 9.15. The van der Waals surface area contributed by atoms with E-state index in [0.717, 1.165) is 33.2 Å². The molecule has 1 aliphatic carbocycles. The van der Waals surface area contributed by atoms with E-state index in [1.165, 1.54) is 24.2 Å². The number of aryl methyl sites for hydroxylation is 1. The SMILES string of the molecule is CCc1cc(=O)n(CC2CC2)c2sc(C#N)c(Br)c12. The van der Waals surface area contributed by atoms with Gasteiger partial charge in [-0.3, -0.25) is 9.36 Å². The fourth-order valence-corrected chi connectivity index (χ4v) is 4.30. The van der Waals surface area contributed by atoms with Gasteiger partial charge < -0.3 is 0 Å². The normalized spacial score (nSPS) is 14.8. The van der Waals surface area contributed by atoms with E-state index in [1.807, 2.05) is 11.5 Å². The first-order valence-corrected chi connectivity index (χ1v) is 8.01. The largest absolute Gasteiger partial charge is 0.299 e. The molecule has 1 aliphatic rings. The lowest BCUT2D eigenvalue weighted by molar-refractivity contribution is 0.629. The van der Waals surface area contributed by atoms with E-state index in [1.54, 1.807) is 6.07 Å². The first kappa shape index (κ1) is 12.9. The van der Waals surface area contributed by atoms with E-state index in [9.17, 15) is 10.1 Å². The van der Waals surface area contributed by atoms with Crippen LogP contribution in [0.15, 0.2) is 15.3 Å². The molecule has 0 saturated heterocycles. The smallest absolute Gasteiger partial charge is 0.251 e. The Labute approximate surface area is 123 Å². The van der Waals surface area contributed by atoms with Gasteiger partial charge in [0.2, 0.25) is 0 Å². The summed E-state index contributed by atoms with van der Waals surface area (Å²) in [5.41, 5.74) is 1.09. The topological polar surface area (TPSA) is 45.8 Å². The second-order valence-electron chi connectivity index (χ2n) is 4.95. The van der Waals surface area contributed by atoms with Crippen LogP contribution in [0, 0.1) is 17.2 Å². The molecule has 0 unspecified atom stereocenters. The predicted molar refractivity (Wildman–Crippen MR) is 80.6 cm³/mol.